The maximum Gasteiger partial charge on any atom is 0.255 e. The number of carbonyl (C=O) groups is 1. The van der Waals surface area contributed by atoms with Crippen LogP contribution in [0.2, 0.25) is 0 Å². The number of aromatic nitrogens is 2. The van der Waals surface area contributed by atoms with E-state index in [1.807, 2.05) is 0 Å². The first-order chi connectivity index (χ1) is 12.2. The number of nitrogens with zero attached hydrogens (tertiary/aromatic N) is 2. The summed E-state index contributed by atoms with van der Waals surface area (Å²) in [4.78, 5) is 16.6. The van der Waals surface area contributed by atoms with Gasteiger partial charge >= 0.3 is 0 Å². The van der Waals surface area contributed by atoms with Crippen LogP contribution in [0.15, 0.2) is 47.0 Å². The summed E-state index contributed by atoms with van der Waals surface area (Å²) in [7, 11) is 0. The van der Waals surface area contributed by atoms with Crippen molar-refractivity contribution < 1.29 is 18.8 Å². The Kier molecular flexibility index (Phi) is 3.81. The van der Waals surface area contributed by atoms with Crippen LogP contribution in [0.1, 0.15) is 16.2 Å². The van der Waals surface area contributed by atoms with Gasteiger partial charge in [0.25, 0.3) is 5.91 Å². The van der Waals surface area contributed by atoms with E-state index >= 15 is 0 Å². The number of amides is 1. The summed E-state index contributed by atoms with van der Waals surface area (Å²) in [5, 5.41) is 6.70. The van der Waals surface area contributed by atoms with Gasteiger partial charge in [0, 0.05) is 29.8 Å². The second-order valence-electron chi connectivity index (χ2n) is 5.53. The topological polar surface area (TPSA) is 86.5 Å². The SMILES string of the molecule is Cc1nc(-c2ccc(C(=O)Nc3ccc4c(c3)OCCO4)cc2)no1. The number of benzene rings is 2. The van der Waals surface area contributed by atoms with Crippen molar-refractivity contribution in [1.29, 1.82) is 0 Å². The quantitative estimate of drug-likeness (QED) is 0.790. The predicted octanol–water partition coefficient (Wildman–Crippen LogP) is 3.07. The van der Waals surface area contributed by atoms with Gasteiger partial charge in [-0.05, 0) is 24.3 Å². The van der Waals surface area contributed by atoms with Crippen LogP contribution in [0.3, 0.4) is 0 Å². The molecule has 1 aliphatic rings. The molecule has 7 heteroatoms. The van der Waals surface area contributed by atoms with Crippen LogP contribution in [0.5, 0.6) is 11.5 Å². The van der Waals surface area contributed by atoms with E-state index in [1.54, 1.807) is 49.4 Å². The first-order valence-electron chi connectivity index (χ1n) is 7.81. The Bertz CT molecular complexity index is 918. The zero-order valence-corrected chi connectivity index (χ0v) is 13.5. The van der Waals surface area contributed by atoms with Crippen molar-refractivity contribution in [2.45, 2.75) is 6.92 Å². The first kappa shape index (κ1) is 15.2. The Hall–Kier alpha value is -3.35. The number of rotatable bonds is 3. The minimum atomic E-state index is -0.215. The molecule has 4 rings (SSSR count). The lowest BCUT2D eigenvalue weighted by molar-refractivity contribution is 0.102. The van der Waals surface area contributed by atoms with Crippen LogP contribution in [0, 0.1) is 6.92 Å². The van der Waals surface area contributed by atoms with E-state index in [2.05, 4.69) is 15.5 Å². The lowest BCUT2D eigenvalue weighted by Crippen LogP contribution is -2.16. The summed E-state index contributed by atoms with van der Waals surface area (Å²) in [6, 6.07) is 12.3. The van der Waals surface area contributed by atoms with Crippen LogP contribution in [-0.2, 0) is 0 Å². The maximum absolute atomic E-state index is 12.4. The van der Waals surface area contributed by atoms with Crippen molar-refractivity contribution in [1.82, 2.24) is 10.1 Å². The van der Waals surface area contributed by atoms with E-state index in [9.17, 15) is 4.79 Å². The second-order valence-corrected chi connectivity index (χ2v) is 5.53. The number of aryl methyl sites for hydroxylation is 1. The van der Waals surface area contributed by atoms with Gasteiger partial charge in [0.2, 0.25) is 11.7 Å². The normalized spacial score (nSPS) is 12.7. The van der Waals surface area contributed by atoms with Crippen molar-refractivity contribution >= 4 is 11.6 Å². The molecule has 0 atom stereocenters. The summed E-state index contributed by atoms with van der Waals surface area (Å²) in [6.07, 6.45) is 0. The fourth-order valence-electron chi connectivity index (χ4n) is 2.51. The second kappa shape index (κ2) is 6.27. The van der Waals surface area contributed by atoms with Gasteiger partial charge in [-0.25, -0.2) is 0 Å². The fourth-order valence-corrected chi connectivity index (χ4v) is 2.51. The van der Waals surface area contributed by atoms with Gasteiger partial charge < -0.3 is 19.3 Å². The van der Waals surface area contributed by atoms with Crippen LogP contribution in [0.4, 0.5) is 5.69 Å². The third-order valence-electron chi connectivity index (χ3n) is 3.73. The molecule has 1 aliphatic heterocycles. The van der Waals surface area contributed by atoms with Crippen molar-refractivity contribution in [2.75, 3.05) is 18.5 Å². The van der Waals surface area contributed by atoms with Gasteiger partial charge in [-0.1, -0.05) is 17.3 Å². The maximum atomic E-state index is 12.4. The predicted molar refractivity (Wildman–Crippen MR) is 89.9 cm³/mol. The van der Waals surface area contributed by atoms with Crippen molar-refractivity contribution in [2.24, 2.45) is 0 Å². The molecule has 0 radical (unpaired) electrons. The highest BCUT2D eigenvalue weighted by Crippen LogP contribution is 2.32. The highest BCUT2D eigenvalue weighted by molar-refractivity contribution is 6.04. The van der Waals surface area contributed by atoms with E-state index < -0.39 is 0 Å². The Morgan fingerprint density at radius 3 is 2.52 bits per heavy atom. The Labute approximate surface area is 143 Å². The van der Waals surface area contributed by atoms with E-state index in [0.717, 1.165) is 5.56 Å². The lowest BCUT2D eigenvalue weighted by atomic mass is 10.1. The average Bonchev–Trinajstić information content (AvgIpc) is 3.08. The van der Waals surface area contributed by atoms with E-state index in [1.165, 1.54) is 0 Å². The monoisotopic (exact) mass is 337 g/mol. The zero-order chi connectivity index (χ0) is 17.2. The molecule has 1 amide bonds. The third-order valence-corrected chi connectivity index (χ3v) is 3.73. The number of hydrogen-bond donors (Lipinski definition) is 1. The molecule has 0 saturated heterocycles. The summed E-state index contributed by atoms with van der Waals surface area (Å²) in [5.74, 6) is 2.09. The van der Waals surface area contributed by atoms with Gasteiger partial charge in [-0.3, -0.25) is 4.79 Å². The van der Waals surface area contributed by atoms with Gasteiger partial charge in [0.05, 0.1) is 0 Å². The minimum Gasteiger partial charge on any atom is -0.486 e. The third kappa shape index (κ3) is 3.16. The number of nitrogens with one attached hydrogen (secondary N) is 1. The van der Waals surface area contributed by atoms with Crippen molar-refractivity contribution in [3.8, 4) is 22.9 Å². The molecule has 0 aliphatic carbocycles. The number of anilines is 1. The first-order valence-corrected chi connectivity index (χ1v) is 7.81. The molecule has 1 aromatic heterocycles. The largest absolute Gasteiger partial charge is 0.486 e. The summed E-state index contributed by atoms with van der Waals surface area (Å²) in [5.41, 5.74) is 1.96. The van der Waals surface area contributed by atoms with Crippen LogP contribution < -0.4 is 14.8 Å². The molecule has 0 fully saturated rings. The summed E-state index contributed by atoms with van der Waals surface area (Å²) < 4.78 is 15.9. The van der Waals surface area contributed by atoms with E-state index in [0.29, 0.717) is 47.7 Å². The highest BCUT2D eigenvalue weighted by Gasteiger charge is 2.14. The molecule has 1 N–H and O–H groups in total. The number of ether oxygens (including phenoxy) is 2. The fraction of sp³-hybridized carbons (Fsp3) is 0.167. The molecule has 25 heavy (non-hydrogen) atoms. The van der Waals surface area contributed by atoms with Gasteiger partial charge in [0.1, 0.15) is 13.2 Å². The Balaban J connectivity index is 1.49. The summed E-state index contributed by atoms with van der Waals surface area (Å²) >= 11 is 0. The minimum absolute atomic E-state index is 0.215. The lowest BCUT2D eigenvalue weighted by Gasteiger charge is -2.19. The van der Waals surface area contributed by atoms with Gasteiger partial charge in [-0.2, -0.15) is 4.98 Å². The van der Waals surface area contributed by atoms with Crippen LogP contribution in [0.25, 0.3) is 11.4 Å². The molecule has 2 aromatic carbocycles. The van der Waals surface area contributed by atoms with Crippen molar-refractivity contribution in [3.63, 3.8) is 0 Å². The number of fused-ring (bicyclic) bond motifs is 1. The molecular weight excluding hydrogens is 322 g/mol. The molecular formula is C18H15N3O4. The van der Waals surface area contributed by atoms with Gasteiger partial charge in [-0.15, -0.1) is 0 Å². The molecule has 7 nitrogen and oxygen atoms in total. The number of carbonyl (C=O) groups excluding carboxylic acids is 1. The zero-order valence-electron chi connectivity index (χ0n) is 13.5. The number of hydrogen-bond acceptors (Lipinski definition) is 6. The van der Waals surface area contributed by atoms with E-state index in [4.69, 9.17) is 14.0 Å². The standard InChI is InChI=1S/C18H15N3O4/c1-11-19-17(21-25-11)12-2-4-13(5-3-12)18(22)20-14-6-7-15-16(10-14)24-9-8-23-15/h2-7,10H,8-9H2,1H3,(H,20,22). The molecule has 3 aromatic rings. The Morgan fingerprint density at radius 1 is 1.04 bits per heavy atom. The summed E-state index contributed by atoms with van der Waals surface area (Å²) in [6.45, 7) is 2.76. The van der Waals surface area contributed by atoms with Crippen LogP contribution in [-0.4, -0.2) is 29.3 Å². The highest BCUT2D eigenvalue weighted by atomic mass is 16.6. The van der Waals surface area contributed by atoms with Crippen LogP contribution >= 0.6 is 0 Å². The smallest absolute Gasteiger partial charge is 0.255 e. The molecule has 0 saturated carbocycles. The molecule has 126 valence electrons. The van der Waals surface area contributed by atoms with Gasteiger partial charge in [0.15, 0.2) is 11.5 Å². The molecule has 2 heterocycles. The Morgan fingerprint density at radius 2 is 1.80 bits per heavy atom. The molecule has 0 unspecified atom stereocenters. The molecule has 0 spiro atoms. The molecule has 0 bridgehead atoms. The van der Waals surface area contributed by atoms with Crippen molar-refractivity contribution in [3.05, 3.63) is 53.9 Å². The average molecular weight is 337 g/mol. The van der Waals surface area contributed by atoms with E-state index in [-0.39, 0.29) is 5.91 Å².